The maximum Gasteiger partial charge on any atom is 0.305 e. The number of hydrogen-bond acceptors (Lipinski definition) is 4. The first-order chi connectivity index (χ1) is 12.1. The largest absolute Gasteiger partial charge is 0.466 e. The quantitative estimate of drug-likeness (QED) is 0.243. The maximum atomic E-state index is 11.6. The van der Waals surface area contributed by atoms with E-state index in [2.05, 4.69) is 20.8 Å². The summed E-state index contributed by atoms with van der Waals surface area (Å²) in [5.74, 6) is 0.216. The van der Waals surface area contributed by atoms with Gasteiger partial charge in [-0.1, -0.05) is 65.7 Å². The Morgan fingerprint density at radius 2 is 1.28 bits per heavy atom. The van der Waals surface area contributed by atoms with Crippen molar-refractivity contribution < 1.29 is 19.1 Å². The first-order valence-electron chi connectivity index (χ1n) is 10.4. The molecule has 0 fully saturated rings. The highest BCUT2D eigenvalue weighted by atomic mass is 16.5. The predicted octanol–water partition coefficient (Wildman–Crippen LogP) is 5.82. The van der Waals surface area contributed by atoms with Gasteiger partial charge in [0, 0.05) is 12.8 Å². The Morgan fingerprint density at radius 3 is 1.92 bits per heavy atom. The molecular formula is C21H40O4. The molecule has 4 heteroatoms. The molecule has 0 heterocycles. The highest BCUT2D eigenvalue weighted by molar-refractivity contribution is 5.69. The average molecular weight is 357 g/mol. The summed E-state index contributed by atoms with van der Waals surface area (Å²) in [6, 6.07) is 0. The van der Waals surface area contributed by atoms with Gasteiger partial charge < -0.3 is 9.47 Å². The second kappa shape index (κ2) is 17.8. The topological polar surface area (TPSA) is 52.6 Å². The molecule has 1 unspecified atom stereocenters. The van der Waals surface area contributed by atoms with Crippen molar-refractivity contribution in [1.82, 2.24) is 0 Å². The monoisotopic (exact) mass is 356 g/mol. The lowest BCUT2D eigenvalue weighted by atomic mass is 10.1. The molecule has 148 valence electrons. The number of ether oxygens (including phenoxy) is 2. The van der Waals surface area contributed by atoms with Crippen LogP contribution in [0.2, 0.25) is 0 Å². The maximum absolute atomic E-state index is 11.6. The number of carbonyl (C=O) groups is 2. The van der Waals surface area contributed by atoms with Gasteiger partial charge in [-0.15, -0.1) is 0 Å². The van der Waals surface area contributed by atoms with E-state index >= 15 is 0 Å². The zero-order chi connectivity index (χ0) is 18.8. The zero-order valence-corrected chi connectivity index (χ0v) is 16.8. The van der Waals surface area contributed by atoms with Crippen LogP contribution in [0.15, 0.2) is 0 Å². The SMILES string of the molecule is CCCCCCCCOC(=O)CCCCCC(=O)OCC(C)CCC. The van der Waals surface area contributed by atoms with Gasteiger partial charge in [0.05, 0.1) is 13.2 Å². The normalized spacial score (nSPS) is 12.0. The Hall–Kier alpha value is -1.06. The van der Waals surface area contributed by atoms with Crippen LogP contribution in [0.25, 0.3) is 0 Å². The van der Waals surface area contributed by atoms with Crippen LogP contribution in [-0.2, 0) is 19.1 Å². The molecule has 0 aromatic rings. The summed E-state index contributed by atoms with van der Waals surface area (Å²) in [6.07, 6.45) is 12.7. The van der Waals surface area contributed by atoms with Crippen LogP contribution in [0.4, 0.5) is 0 Å². The second-order valence-corrected chi connectivity index (χ2v) is 7.13. The molecule has 0 rings (SSSR count). The molecule has 0 amide bonds. The van der Waals surface area contributed by atoms with E-state index in [0.717, 1.165) is 44.9 Å². The minimum absolute atomic E-state index is 0.107. The fourth-order valence-corrected chi connectivity index (χ4v) is 2.74. The Morgan fingerprint density at radius 1 is 0.720 bits per heavy atom. The molecule has 0 radical (unpaired) electrons. The molecule has 0 aromatic heterocycles. The van der Waals surface area contributed by atoms with Gasteiger partial charge in [0.25, 0.3) is 0 Å². The van der Waals surface area contributed by atoms with E-state index in [1.807, 2.05) is 0 Å². The van der Waals surface area contributed by atoms with E-state index in [-0.39, 0.29) is 11.9 Å². The Bertz CT molecular complexity index is 328. The molecule has 4 nitrogen and oxygen atoms in total. The molecule has 0 saturated carbocycles. The molecule has 0 spiro atoms. The lowest BCUT2D eigenvalue weighted by Gasteiger charge is -2.10. The number of rotatable bonds is 17. The van der Waals surface area contributed by atoms with Gasteiger partial charge in [-0.3, -0.25) is 9.59 Å². The van der Waals surface area contributed by atoms with E-state index in [1.54, 1.807) is 0 Å². The Labute approximate surface area is 155 Å². The van der Waals surface area contributed by atoms with Gasteiger partial charge in [-0.2, -0.15) is 0 Å². The minimum atomic E-state index is -0.117. The van der Waals surface area contributed by atoms with Gasteiger partial charge in [0.15, 0.2) is 0 Å². The summed E-state index contributed by atoms with van der Waals surface area (Å²) in [5, 5.41) is 0. The summed E-state index contributed by atoms with van der Waals surface area (Å²) >= 11 is 0. The van der Waals surface area contributed by atoms with Crippen LogP contribution in [0.3, 0.4) is 0 Å². The fourth-order valence-electron chi connectivity index (χ4n) is 2.74. The fraction of sp³-hybridized carbons (Fsp3) is 0.905. The summed E-state index contributed by atoms with van der Waals surface area (Å²) in [6.45, 7) is 7.52. The molecule has 0 N–H and O–H groups in total. The van der Waals surface area contributed by atoms with Crippen LogP contribution in [-0.4, -0.2) is 25.2 Å². The molecule has 1 atom stereocenters. The number of unbranched alkanes of at least 4 members (excludes halogenated alkanes) is 7. The molecule has 0 bridgehead atoms. The van der Waals surface area contributed by atoms with Gasteiger partial charge in [0.2, 0.25) is 0 Å². The van der Waals surface area contributed by atoms with Crippen LogP contribution in [0.1, 0.15) is 104 Å². The summed E-state index contributed by atoms with van der Waals surface area (Å²) in [5.41, 5.74) is 0. The third-order valence-corrected chi connectivity index (χ3v) is 4.33. The highest BCUT2D eigenvalue weighted by Gasteiger charge is 2.07. The van der Waals surface area contributed by atoms with Crippen molar-refractivity contribution >= 4 is 11.9 Å². The van der Waals surface area contributed by atoms with Crippen molar-refractivity contribution in [3.63, 3.8) is 0 Å². The molecule has 25 heavy (non-hydrogen) atoms. The van der Waals surface area contributed by atoms with E-state index in [4.69, 9.17) is 9.47 Å². The molecule has 0 aromatic carbocycles. The van der Waals surface area contributed by atoms with Gasteiger partial charge >= 0.3 is 11.9 Å². The molecule has 0 saturated heterocycles. The van der Waals surface area contributed by atoms with E-state index < -0.39 is 0 Å². The molecule has 0 aliphatic rings. The molecule has 0 aliphatic heterocycles. The van der Waals surface area contributed by atoms with E-state index in [1.165, 1.54) is 25.7 Å². The molecule has 0 aliphatic carbocycles. The summed E-state index contributed by atoms with van der Waals surface area (Å²) in [4.78, 5) is 23.2. The first kappa shape index (κ1) is 23.9. The summed E-state index contributed by atoms with van der Waals surface area (Å²) < 4.78 is 10.5. The van der Waals surface area contributed by atoms with Crippen molar-refractivity contribution in [3.05, 3.63) is 0 Å². The molecular weight excluding hydrogens is 316 g/mol. The van der Waals surface area contributed by atoms with E-state index in [0.29, 0.717) is 32.0 Å². The van der Waals surface area contributed by atoms with Crippen LogP contribution >= 0.6 is 0 Å². The van der Waals surface area contributed by atoms with Crippen molar-refractivity contribution in [2.45, 2.75) is 104 Å². The zero-order valence-electron chi connectivity index (χ0n) is 16.8. The van der Waals surface area contributed by atoms with Crippen LogP contribution in [0.5, 0.6) is 0 Å². The predicted molar refractivity (Wildman–Crippen MR) is 102 cm³/mol. The van der Waals surface area contributed by atoms with Crippen LogP contribution in [0, 0.1) is 5.92 Å². The lowest BCUT2D eigenvalue weighted by Crippen LogP contribution is -2.11. The Kier molecular flexibility index (Phi) is 17.0. The van der Waals surface area contributed by atoms with E-state index in [9.17, 15) is 9.59 Å². The third kappa shape index (κ3) is 17.6. The number of hydrogen-bond donors (Lipinski definition) is 0. The van der Waals surface area contributed by atoms with Crippen molar-refractivity contribution in [2.75, 3.05) is 13.2 Å². The first-order valence-corrected chi connectivity index (χ1v) is 10.4. The van der Waals surface area contributed by atoms with Gasteiger partial charge in [0.1, 0.15) is 0 Å². The van der Waals surface area contributed by atoms with Crippen molar-refractivity contribution in [1.29, 1.82) is 0 Å². The number of carbonyl (C=O) groups excluding carboxylic acids is 2. The van der Waals surface area contributed by atoms with Crippen molar-refractivity contribution in [3.8, 4) is 0 Å². The van der Waals surface area contributed by atoms with Gasteiger partial charge in [-0.25, -0.2) is 0 Å². The second-order valence-electron chi connectivity index (χ2n) is 7.13. The standard InChI is InChI=1S/C21H40O4/c1-4-6-7-8-9-13-17-24-20(22)15-11-10-12-16-21(23)25-18-19(3)14-5-2/h19H,4-18H2,1-3H3. The van der Waals surface area contributed by atoms with Gasteiger partial charge in [-0.05, 0) is 31.6 Å². The highest BCUT2D eigenvalue weighted by Crippen LogP contribution is 2.09. The number of esters is 2. The third-order valence-electron chi connectivity index (χ3n) is 4.33. The minimum Gasteiger partial charge on any atom is -0.466 e. The average Bonchev–Trinajstić information content (AvgIpc) is 2.59. The summed E-state index contributed by atoms with van der Waals surface area (Å²) in [7, 11) is 0. The van der Waals surface area contributed by atoms with Crippen molar-refractivity contribution in [2.24, 2.45) is 5.92 Å². The smallest absolute Gasteiger partial charge is 0.305 e. The Balaban J connectivity index is 3.38. The van der Waals surface area contributed by atoms with Crippen LogP contribution < -0.4 is 0 Å². The lowest BCUT2D eigenvalue weighted by molar-refractivity contribution is -0.145.